The van der Waals surface area contributed by atoms with Crippen LogP contribution in [0.2, 0.25) is 0 Å². The molecule has 0 spiro atoms. The van der Waals surface area contributed by atoms with Gasteiger partial charge in [-0.25, -0.2) is 0 Å². The zero-order valence-corrected chi connectivity index (χ0v) is 16.6. The monoisotopic (exact) mass is 394 g/mol. The van der Waals surface area contributed by atoms with Crippen LogP contribution >= 0.6 is 11.8 Å². The molecule has 1 fully saturated rings. The van der Waals surface area contributed by atoms with Crippen molar-refractivity contribution >= 4 is 28.9 Å². The van der Waals surface area contributed by atoms with Crippen molar-refractivity contribution in [2.24, 2.45) is 4.99 Å². The van der Waals surface area contributed by atoms with E-state index in [1.165, 1.54) is 17.3 Å². The molecule has 5 nitrogen and oxygen atoms in total. The predicted octanol–water partition coefficient (Wildman–Crippen LogP) is 3.88. The topological polar surface area (TPSA) is 51.1 Å². The van der Waals surface area contributed by atoms with Crippen LogP contribution in [0.15, 0.2) is 58.4 Å². The zero-order chi connectivity index (χ0) is 19.3. The van der Waals surface area contributed by atoms with Crippen molar-refractivity contribution in [3.8, 4) is 5.75 Å². The first-order valence-corrected chi connectivity index (χ1v) is 10.1. The predicted molar refractivity (Wildman–Crippen MR) is 112 cm³/mol. The molecule has 0 atom stereocenters. The summed E-state index contributed by atoms with van der Waals surface area (Å²) in [5.74, 6) is 0.595. The summed E-state index contributed by atoms with van der Waals surface area (Å²) in [5, 5.41) is 0.770. The van der Waals surface area contributed by atoms with Gasteiger partial charge in [-0.1, -0.05) is 42.0 Å². The summed E-state index contributed by atoms with van der Waals surface area (Å²) in [7, 11) is 0. The Morgan fingerprint density at radius 2 is 1.96 bits per heavy atom. The molecule has 28 heavy (non-hydrogen) atoms. The van der Waals surface area contributed by atoms with Gasteiger partial charge in [0, 0.05) is 13.1 Å². The lowest BCUT2D eigenvalue weighted by Gasteiger charge is -2.27. The average Bonchev–Trinajstić information content (AvgIpc) is 3.09. The molecule has 0 saturated carbocycles. The number of amides is 1. The summed E-state index contributed by atoms with van der Waals surface area (Å²) < 4.78 is 11.3. The fourth-order valence-electron chi connectivity index (χ4n) is 2.98. The van der Waals surface area contributed by atoms with Crippen molar-refractivity contribution in [3.05, 3.63) is 70.1 Å². The van der Waals surface area contributed by atoms with Crippen molar-refractivity contribution in [1.82, 2.24) is 4.90 Å². The fourth-order valence-corrected chi connectivity index (χ4v) is 3.95. The average molecular weight is 394 g/mol. The van der Waals surface area contributed by atoms with E-state index < -0.39 is 0 Å². The van der Waals surface area contributed by atoms with Crippen molar-refractivity contribution in [3.63, 3.8) is 0 Å². The summed E-state index contributed by atoms with van der Waals surface area (Å²) in [4.78, 5) is 19.2. The number of benzene rings is 2. The minimum Gasteiger partial charge on any atom is -0.489 e. The van der Waals surface area contributed by atoms with Crippen LogP contribution < -0.4 is 4.74 Å². The third kappa shape index (κ3) is 4.64. The molecular formula is C22H22N2O3S. The van der Waals surface area contributed by atoms with Crippen LogP contribution in [0.3, 0.4) is 0 Å². The standard InChI is InChI=1S/C22H22N2O3S/c1-16-5-7-17(8-6-16)15-27-19-4-2-3-18(13-19)14-20-21(25)23-22(28-20)24-9-11-26-12-10-24/h2-8,13-14H,9-12,15H2,1H3/b20-14+. The van der Waals surface area contributed by atoms with E-state index in [0.717, 1.165) is 35.1 Å². The van der Waals surface area contributed by atoms with E-state index in [1.54, 1.807) is 0 Å². The van der Waals surface area contributed by atoms with Crippen LogP contribution in [-0.4, -0.2) is 42.3 Å². The molecule has 1 amide bonds. The highest BCUT2D eigenvalue weighted by molar-refractivity contribution is 8.18. The molecule has 0 N–H and O–H groups in total. The molecule has 1 saturated heterocycles. The molecule has 6 heteroatoms. The number of thioether (sulfide) groups is 1. The lowest BCUT2D eigenvalue weighted by molar-refractivity contribution is -0.113. The third-order valence-electron chi connectivity index (χ3n) is 4.57. The van der Waals surface area contributed by atoms with Crippen molar-refractivity contribution < 1.29 is 14.3 Å². The summed E-state index contributed by atoms with van der Waals surface area (Å²) in [6.07, 6.45) is 1.88. The lowest BCUT2D eigenvalue weighted by atomic mass is 10.1. The van der Waals surface area contributed by atoms with Crippen LogP contribution in [-0.2, 0) is 16.1 Å². The van der Waals surface area contributed by atoms with Gasteiger partial charge >= 0.3 is 0 Å². The van der Waals surface area contributed by atoms with E-state index in [-0.39, 0.29) is 5.91 Å². The second-order valence-corrected chi connectivity index (χ2v) is 7.77. The van der Waals surface area contributed by atoms with Crippen LogP contribution in [0.4, 0.5) is 0 Å². The normalized spacial score (nSPS) is 18.5. The molecule has 2 aromatic carbocycles. The van der Waals surface area contributed by atoms with Gasteiger partial charge in [-0.05, 0) is 48.0 Å². The summed E-state index contributed by atoms with van der Waals surface area (Å²) in [6.45, 7) is 5.47. The van der Waals surface area contributed by atoms with Gasteiger partial charge in [0.2, 0.25) is 0 Å². The van der Waals surface area contributed by atoms with E-state index in [2.05, 4.69) is 41.1 Å². The third-order valence-corrected chi connectivity index (χ3v) is 5.62. The Hall–Kier alpha value is -2.57. The van der Waals surface area contributed by atoms with Crippen LogP contribution in [0, 0.1) is 6.92 Å². The molecule has 0 radical (unpaired) electrons. The number of aliphatic imine (C=N–C) groups is 1. The molecular weight excluding hydrogens is 372 g/mol. The number of ether oxygens (including phenoxy) is 2. The number of nitrogens with zero attached hydrogens (tertiary/aromatic N) is 2. The van der Waals surface area contributed by atoms with E-state index >= 15 is 0 Å². The Morgan fingerprint density at radius 3 is 2.75 bits per heavy atom. The first kappa shape index (κ1) is 18.8. The SMILES string of the molecule is Cc1ccc(COc2cccc(/C=C3/SC(N4CCOCC4)=NC3=O)c2)cc1. The van der Waals surface area contributed by atoms with Crippen molar-refractivity contribution in [2.75, 3.05) is 26.3 Å². The number of hydrogen-bond donors (Lipinski definition) is 0. The van der Waals surface area contributed by atoms with E-state index in [1.807, 2.05) is 30.3 Å². The van der Waals surface area contributed by atoms with Gasteiger partial charge in [0.05, 0.1) is 18.1 Å². The first-order valence-electron chi connectivity index (χ1n) is 9.31. The van der Waals surface area contributed by atoms with Gasteiger partial charge in [0.1, 0.15) is 12.4 Å². The Kier molecular flexibility index (Phi) is 5.78. The molecule has 4 rings (SSSR count). The van der Waals surface area contributed by atoms with Gasteiger partial charge in [0.25, 0.3) is 5.91 Å². The molecule has 0 aliphatic carbocycles. The first-order chi connectivity index (χ1) is 13.7. The van der Waals surface area contributed by atoms with Gasteiger partial charge in [-0.15, -0.1) is 0 Å². The smallest absolute Gasteiger partial charge is 0.286 e. The molecule has 2 heterocycles. The minimum atomic E-state index is -0.183. The number of carbonyl (C=O) groups is 1. The Labute approximate surface area is 169 Å². The maximum atomic E-state index is 12.3. The van der Waals surface area contributed by atoms with Gasteiger partial charge in [-0.3, -0.25) is 4.79 Å². The zero-order valence-electron chi connectivity index (χ0n) is 15.8. The molecule has 0 unspecified atom stereocenters. The van der Waals surface area contributed by atoms with Crippen molar-refractivity contribution in [1.29, 1.82) is 0 Å². The number of carbonyl (C=O) groups excluding carboxylic acids is 1. The van der Waals surface area contributed by atoms with Crippen LogP contribution in [0.25, 0.3) is 6.08 Å². The van der Waals surface area contributed by atoms with Crippen LogP contribution in [0.1, 0.15) is 16.7 Å². The van der Waals surface area contributed by atoms with E-state index in [9.17, 15) is 4.79 Å². The Balaban J connectivity index is 1.41. The fraction of sp³-hybridized carbons (Fsp3) is 0.273. The molecule has 2 aliphatic heterocycles. The maximum absolute atomic E-state index is 12.3. The highest BCUT2D eigenvalue weighted by Crippen LogP contribution is 2.31. The molecule has 2 aromatic rings. The van der Waals surface area contributed by atoms with Gasteiger partial charge in [0.15, 0.2) is 5.17 Å². The Morgan fingerprint density at radius 1 is 1.18 bits per heavy atom. The molecule has 2 aliphatic rings. The highest BCUT2D eigenvalue weighted by atomic mass is 32.2. The number of rotatable bonds is 4. The molecule has 144 valence electrons. The number of amidine groups is 1. The quantitative estimate of drug-likeness (QED) is 0.737. The molecule has 0 aromatic heterocycles. The second-order valence-electron chi connectivity index (χ2n) is 6.76. The van der Waals surface area contributed by atoms with E-state index in [0.29, 0.717) is 24.7 Å². The summed E-state index contributed by atoms with van der Waals surface area (Å²) in [5.41, 5.74) is 3.28. The van der Waals surface area contributed by atoms with Crippen molar-refractivity contribution in [2.45, 2.75) is 13.5 Å². The largest absolute Gasteiger partial charge is 0.489 e. The number of hydrogen-bond acceptors (Lipinski definition) is 5. The summed E-state index contributed by atoms with van der Waals surface area (Å²) in [6, 6.07) is 16.1. The van der Waals surface area contributed by atoms with Gasteiger partial charge in [-0.2, -0.15) is 4.99 Å². The van der Waals surface area contributed by atoms with Crippen LogP contribution in [0.5, 0.6) is 5.75 Å². The minimum absolute atomic E-state index is 0.183. The second kappa shape index (κ2) is 8.63. The number of morpholine rings is 1. The van der Waals surface area contributed by atoms with Gasteiger partial charge < -0.3 is 14.4 Å². The highest BCUT2D eigenvalue weighted by Gasteiger charge is 2.27. The summed E-state index contributed by atoms with van der Waals surface area (Å²) >= 11 is 1.43. The maximum Gasteiger partial charge on any atom is 0.286 e. The molecule has 0 bridgehead atoms. The van der Waals surface area contributed by atoms with E-state index in [4.69, 9.17) is 9.47 Å². The lowest BCUT2D eigenvalue weighted by Crippen LogP contribution is -2.38. The number of aryl methyl sites for hydroxylation is 1. The Bertz CT molecular complexity index is 916.